The van der Waals surface area contributed by atoms with Gasteiger partial charge >= 0.3 is 0 Å². The molecule has 4 aromatic rings. The molecule has 41 heavy (non-hydrogen) atoms. The summed E-state index contributed by atoms with van der Waals surface area (Å²) in [5, 5.41) is 8.38. The quantitative estimate of drug-likeness (QED) is 0.309. The monoisotopic (exact) mass is 588 g/mol. The summed E-state index contributed by atoms with van der Waals surface area (Å²) in [5.74, 6) is -2.30. The van der Waals surface area contributed by atoms with E-state index in [1.807, 2.05) is 10.7 Å². The molecule has 0 radical (unpaired) electrons. The van der Waals surface area contributed by atoms with E-state index < -0.39 is 11.7 Å². The molecule has 3 aliphatic rings. The Labute approximate surface area is 240 Å². The van der Waals surface area contributed by atoms with Crippen molar-refractivity contribution in [3.8, 4) is 0 Å². The van der Waals surface area contributed by atoms with Crippen LogP contribution in [0.5, 0.6) is 0 Å². The molecule has 0 N–H and O–H groups in total. The van der Waals surface area contributed by atoms with Crippen molar-refractivity contribution in [3.63, 3.8) is 0 Å². The van der Waals surface area contributed by atoms with Crippen LogP contribution in [0.1, 0.15) is 51.1 Å². The summed E-state index contributed by atoms with van der Waals surface area (Å²) in [6, 6.07) is 4.26. The van der Waals surface area contributed by atoms with Gasteiger partial charge < -0.3 is 14.2 Å². The SMILES string of the molecule is C[C@@H]1CN(c2nc3nncn3c3c2ncn3C[C@@H]2CCCO2)[C@@H](C)CN1C(c1ccc(Cl)c(F)c1)C1CC(F)(F)C1. The highest BCUT2D eigenvalue weighted by molar-refractivity contribution is 6.30. The van der Waals surface area contributed by atoms with Gasteiger partial charge in [0.1, 0.15) is 17.7 Å². The van der Waals surface area contributed by atoms with Gasteiger partial charge in [0.15, 0.2) is 11.5 Å². The molecule has 0 spiro atoms. The lowest BCUT2D eigenvalue weighted by Gasteiger charge is -2.52. The molecule has 7 rings (SSSR count). The number of hydrogen-bond donors (Lipinski definition) is 0. The Bertz CT molecular complexity index is 1580. The zero-order valence-corrected chi connectivity index (χ0v) is 23.7. The van der Waals surface area contributed by atoms with Crippen LogP contribution in [0.3, 0.4) is 0 Å². The molecule has 1 aliphatic carbocycles. The first kappa shape index (κ1) is 26.9. The van der Waals surface area contributed by atoms with Crippen LogP contribution in [-0.4, -0.2) is 77.8 Å². The maximum atomic E-state index is 14.5. The molecule has 13 heteroatoms. The third-order valence-electron chi connectivity index (χ3n) is 8.93. The van der Waals surface area contributed by atoms with Crippen molar-refractivity contribution < 1.29 is 17.9 Å². The Morgan fingerprint density at radius 3 is 2.71 bits per heavy atom. The molecule has 1 saturated carbocycles. The average molecular weight is 589 g/mol. The lowest BCUT2D eigenvalue weighted by molar-refractivity contribution is -0.137. The second-order valence-corrected chi connectivity index (χ2v) is 12.2. The van der Waals surface area contributed by atoms with Gasteiger partial charge in [-0.05, 0) is 50.3 Å². The van der Waals surface area contributed by atoms with Crippen molar-refractivity contribution in [1.29, 1.82) is 0 Å². The predicted octanol–water partition coefficient (Wildman–Crippen LogP) is 5.13. The van der Waals surface area contributed by atoms with E-state index in [1.165, 1.54) is 12.1 Å². The Morgan fingerprint density at radius 1 is 1.15 bits per heavy atom. The number of imidazole rings is 1. The fraction of sp³-hybridized carbons (Fsp3) is 0.571. The van der Waals surface area contributed by atoms with Gasteiger partial charge in [-0.1, -0.05) is 17.7 Å². The van der Waals surface area contributed by atoms with Crippen LogP contribution in [0.2, 0.25) is 5.02 Å². The molecule has 9 nitrogen and oxygen atoms in total. The standard InChI is InChI=1S/C28H32ClF3N8O/c1-16-12-39(17(2)11-38(16)24(19-9-28(31,32)10-19)18-5-6-21(29)22(30)8-18)25-23-26(40-15-34-36-27(40)35-25)37(14-33-23)13-20-4-3-7-41-20/h5-6,8,14-17,19-20,24H,3-4,7,9-13H2,1-2H3/t16-,17+,20+,24?/m1/s1. The fourth-order valence-electron chi connectivity index (χ4n) is 6.93. The Morgan fingerprint density at radius 2 is 1.98 bits per heavy atom. The van der Waals surface area contributed by atoms with Gasteiger partial charge in [-0.2, -0.15) is 4.98 Å². The predicted molar refractivity (Wildman–Crippen MR) is 148 cm³/mol. The maximum Gasteiger partial charge on any atom is 0.258 e. The Balaban J connectivity index is 1.22. The molecule has 5 heterocycles. The second kappa shape index (κ2) is 10.1. The van der Waals surface area contributed by atoms with Gasteiger partial charge in [0.25, 0.3) is 5.78 Å². The van der Waals surface area contributed by atoms with Gasteiger partial charge in [-0.3, -0.25) is 4.90 Å². The van der Waals surface area contributed by atoms with Crippen molar-refractivity contribution in [1.82, 2.24) is 34.0 Å². The number of fused-ring (bicyclic) bond motifs is 3. The smallest absolute Gasteiger partial charge is 0.258 e. The lowest BCUT2D eigenvalue weighted by Crippen LogP contribution is -2.59. The topological polar surface area (TPSA) is 76.6 Å². The van der Waals surface area contributed by atoms with Crippen LogP contribution in [-0.2, 0) is 11.3 Å². The largest absolute Gasteiger partial charge is 0.376 e. The minimum absolute atomic E-state index is 0.0237. The van der Waals surface area contributed by atoms with Crippen LogP contribution in [0.4, 0.5) is 19.0 Å². The molecule has 1 unspecified atom stereocenters. The summed E-state index contributed by atoms with van der Waals surface area (Å²) in [6.07, 6.45) is 5.24. The number of benzene rings is 1. The average Bonchev–Trinajstić information content (AvgIpc) is 3.68. The third kappa shape index (κ3) is 4.73. The van der Waals surface area contributed by atoms with Gasteiger partial charge in [0.05, 0.1) is 24.0 Å². The zero-order valence-electron chi connectivity index (χ0n) is 22.9. The number of ether oxygens (including phenoxy) is 1. The van der Waals surface area contributed by atoms with Gasteiger partial charge in [0.2, 0.25) is 5.92 Å². The van der Waals surface area contributed by atoms with Gasteiger partial charge in [0, 0.05) is 50.7 Å². The number of aromatic nitrogens is 6. The summed E-state index contributed by atoms with van der Waals surface area (Å²) in [4.78, 5) is 14.1. The van der Waals surface area contributed by atoms with Crippen LogP contribution < -0.4 is 4.90 Å². The Hall–Kier alpha value is -2.96. The van der Waals surface area contributed by atoms with Crippen LogP contribution in [0, 0.1) is 11.7 Å². The summed E-state index contributed by atoms with van der Waals surface area (Å²) in [5.41, 5.74) is 2.29. The molecule has 0 bridgehead atoms. The fourth-order valence-corrected chi connectivity index (χ4v) is 7.04. The number of halogens is 4. The number of hydrogen-bond acceptors (Lipinski definition) is 7. The van der Waals surface area contributed by atoms with Crippen molar-refractivity contribution in [2.24, 2.45) is 5.92 Å². The minimum Gasteiger partial charge on any atom is -0.376 e. The van der Waals surface area contributed by atoms with Crippen LogP contribution >= 0.6 is 11.6 Å². The highest BCUT2D eigenvalue weighted by Crippen LogP contribution is 2.51. The maximum absolute atomic E-state index is 14.5. The minimum atomic E-state index is -2.68. The molecule has 2 aliphatic heterocycles. The summed E-state index contributed by atoms with van der Waals surface area (Å²) in [6.45, 7) is 6.79. The summed E-state index contributed by atoms with van der Waals surface area (Å²) >= 11 is 5.96. The molecular formula is C28H32ClF3N8O. The van der Waals surface area contributed by atoms with E-state index in [0.29, 0.717) is 31.0 Å². The van der Waals surface area contributed by atoms with Crippen molar-refractivity contribution in [3.05, 3.63) is 47.3 Å². The van der Waals surface area contributed by atoms with E-state index >= 15 is 0 Å². The summed E-state index contributed by atoms with van der Waals surface area (Å²) < 4.78 is 52.5. The lowest BCUT2D eigenvalue weighted by atomic mass is 9.73. The molecule has 0 amide bonds. The number of nitrogens with zero attached hydrogens (tertiary/aromatic N) is 8. The zero-order chi connectivity index (χ0) is 28.5. The van der Waals surface area contributed by atoms with E-state index in [4.69, 9.17) is 26.3 Å². The normalized spacial score (nSPS) is 26.2. The number of piperazine rings is 1. The Kier molecular flexibility index (Phi) is 6.62. The molecule has 4 atom stereocenters. The molecule has 1 aromatic carbocycles. The van der Waals surface area contributed by atoms with E-state index in [-0.39, 0.29) is 48.0 Å². The number of alkyl halides is 2. The van der Waals surface area contributed by atoms with Gasteiger partial charge in [-0.15, -0.1) is 10.2 Å². The number of rotatable bonds is 6. The second-order valence-electron chi connectivity index (χ2n) is 11.8. The molecule has 3 aromatic heterocycles. The highest BCUT2D eigenvalue weighted by atomic mass is 35.5. The van der Waals surface area contributed by atoms with Crippen molar-refractivity contribution in [2.45, 2.75) is 76.2 Å². The molecule has 218 valence electrons. The first-order valence-electron chi connectivity index (χ1n) is 14.2. The van der Waals surface area contributed by atoms with E-state index in [9.17, 15) is 13.2 Å². The van der Waals surface area contributed by atoms with Crippen molar-refractivity contribution in [2.75, 3.05) is 24.6 Å². The van der Waals surface area contributed by atoms with Crippen LogP contribution in [0.15, 0.2) is 30.9 Å². The molecule has 3 fully saturated rings. The van der Waals surface area contributed by atoms with Crippen molar-refractivity contribution >= 4 is 34.4 Å². The first-order valence-corrected chi connectivity index (χ1v) is 14.6. The van der Waals surface area contributed by atoms with E-state index in [1.54, 1.807) is 12.4 Å². The van der Waals surface area contributed by atoms with Crippen LogP contribution in [0.25, 0.3) is 16.9 Å². The number of anilines is 1. The molecule has 2 saturated heterocycles. The van der Waals surface area contributed by atoms with Gasteiger partial charge in [-0.25, -0.2) is 22.6 Å². The highest BCUT2D eigenvalue weighted by Gasteiger charge is 2.51. The summed E-state index contributed by atoms with van der Waals surface area (Å²) in [7, 11) is 0. The van der Waals surface area contributed by atoms with E-state index in [2.05, 4.69) is 38.4 Å². The third-order valence-corrected chi connectivity index (χ3v) is 9.23. The van der Waals surface area contributed by atoms with E-state index in [0.717, 1.165) is 36.4 Å². The first-order chi connectivity index (χ1) is 19.7. The molecular weight excluding hydrogens is 557 g/mol.